The van der Waals surface area contributed by atoms with Crippen molar-refractivity contribution >= 4 is 11.5 Å². The molecule has 2 aromatic heterocycles. The Morgan fingerprint density at radius 3 is 3.21 bits per heavy atom. The van der Waals surface area contributed by atoms with Crippen LogP contribution >= 0.6 is 0 Å². The zero-order valence-corrected chi connectivity index (χ0v) is 10.9. The molecule has 6 nitrogen and oxygen atoms in total. The minimum absolute atomic E-state index is 0.138. The van der Waals surface area contributed by atoms with Crippen LogP contribution in [-0.2, 0) is 0 Å². The minimum atomic E-state index is 0.138. The third kappa shape index (κ3) is 2.69. The summed E-state index contributed by atoms with van der Waals surface area (Å²) >= 11 is 0. The molecule has 3 rings (SSSR count). The molecule has 0 radical (unpaired) electrons. The van der Waals surface area contributed by atoms with Gasteiger partial charge in [-0.25, -0.2) is 9.50 Å². The Bertz CT molecular complexity index is 535. The Morgan fingerprint density at radius 2 is 2.42 bits per heavy atom. The van der Waals surface area contributed by atoms with Crippen LogP contribution in [-0.4, -0.2) is 52.0 Å². The smallest absolute Gasteiger partial charge is 0.157 e. The summed E-state index contributed by atoms with van der Waals surface area (Å²) in [5, 5.41) is 16.9. The van der Waals surface area contributed by atoms with E-state index in [2.05, 4.69) is 20.3 Å². The molecule has 1 atom stereocenters. The van der Waals surface area contributed by atoms with Gasteiger partial charge in [0.15, 0.2) is 5.65 Å². The predicted molar refractivity (Wildman–Crippen MR) is 73.3 cm³/mol. The van der Waals surface area contributed by atoms with Crippen molar-refractivity contribution in [2.24, 2.45) is 0 Å². The van der Waals surface area contributed by atoms with Gasteiger partial charge in [-0.15, -0.1) is 0 Å². The first-order valence-corrected chi connectivity index (χ1v) is 6.76. The Morgan fingerprint density at radius 1 is 1.47 bits per heavy atom. The zero-order valence-electron chi connectivity index (χ0n) is 10.9. The van der Waals surface area contributed by atoms with Crippen LogP contribution in [0.3, 0.4) is 0 Å². The lowest BCUT2D eigenvalue weighted by atomic mass is 10.2. The number of hydrogen-bond acceptors (Lipinski definition) is 5. The molecule has 0 spiro atoms. The molecular formula is C13H19N5O. The highest BCUT2D eigenvalue weighted by atomic mass is 16.3. The average molecular weight is 261 g/mol. The van der Waals surface area contributed by atoms with Crippen LogP contribution in [0.1, 0.15) is 12.8 Å². The van der Waals surface area contributed by atoms with Crippen molar-refractivity contribution in [1.82, 2.24) is 19.9 Å². The maximum absolute atomic E-state index is 9.24. The predicted octanol–water partition coefficient (Wildman–Crippen LogP) is 0.280. The fraction of sp³-hybridized carbons (Fsp3) is 0.538. The van der Waals surface area contributed by atoms with E-state index in [4.69, 9.17) is 0 Å². The lowest BCUT2D eigenvalue weighted by molar-refractivity contribution is 0.300. The molecule has 1 fully saturated rings. The highest BCUT2D eigenvalue weighted by Crippen LogP contribution is 2.15. The summed E-state index contributed by atoms with van der Waals surface area (Å²) in [5.41, 5.74) is 0.833. The van der Waals surface area contributed by atoms with E-state index >= 15 is 0 Å². The SMILES string of the molecule is OCCN(CC1CCCN1)c1ccn2nccc2n1. The van der Waals surface area contributed by atoms with E-state index in [0.717, 1.165) is 24.6 Å². The second-order valence-electron chi connectivity index (χ2n) is 4.88. The summed E-state index contributed by atoms with van der Waals surface area (Å²) in [6, 6.07) is 4.33. The van der Waals surface area contributed by atoms with Crippen LogP contribution in [0.4, 0.5) is 5.82 Å². The first kappa shape index (κ1) is 12.4. The molecule has 2 aromatic rings. The second-order valence-corrected chi connectivity index (χ2v) is 4.88. The van der Waals surface area contributed by atoms with E-state index in [1.54, 1.807) is 10.7 Å². The van der Waals surface area contributed by atoms with E-state index in [-0.39, 0.29) is 6.61 Å². The number of anilines is 1. The second kappa shape index (κ2) is 5.54. The van der Waals surface area contributed by atoms with Gasteiger partial charge >= 0.3 is 0 Å². The molecule has 0 aromatic carbocycles. The van der Waals surface area contributed by atoms with Gasteiger partial charge in [0.05, 0.1) is 12.8 Å². The van der Waals surface area contributed by atoms with Gasteiger partial charge in [0.2, 0.25) is 0 Å². The van der Waals surface area contributed by atoms with Crippen molar-refractivity contribution in [3.8, 4) is 0 Å². The van der Waals surface area contributed by atoms with Crippen molar-refractivity contribution in [3.05, 3.63) is 24.5 Å². The molecular weight excluding hydrogens is 242 g/mol. The first-order valence-electron chi connectivity index (χ1n) is 6.76. The van der Waals surface area contributed by atoms with Gasteiger partial charge in [0.25, 0.3) is 0 Å². The van der Waals surface area contributed by atoms with E-state index < -0.39 is 0 Å². The maximum Gasteiger partial charge on any atom is 0.157 e. The van der Waals surface area contributed by atoms with Crippen LogP contribution in [0, 0.1) is 0 Å². The Hall–Kier alpha value is -1.66. The van der Waals surface area contributed by atoms with Crippen LogP contribution < -0.4 is 10.2 Å². The van der Waals surface area contributed by atoms with Gasteiger partial charge in [-0.2, -0.15) is 5.10 Å². The van der Waals surface area contributed by atoms with Crippen molar-refractivity contribution < 1.29 is 5.11 Å². The molecule has 0 bridgehead atoms. The van der Waals surface area contributed by atoms with E-state index in [1.807, 2.05) is 18.3 Å². The summed E-state index contributed by atoms with van der Waals surface area (Å²) < 4.78 is 1.74. The number of aliphatic hydroxyl groups excluding tert-OH is 1. The Balaban J connectivity index is 1.80. The highest BCUT2D eigenvalue weighted by molar-refractivity contribution is 5.47. The molecule has 3 heterocycles. The lowest BCUT2D eigenvalue weighted by Crippen LogP contribution is -2.39. The topological polar surface area (TPSA) is 65.7 Å². The summed E-state index contributed by atoms with van der Waals surface area (Å²) in [7, 11) is 0. The minimum Gasteiger partial charge on any atom is -0.395 e. The molecule has 1 aliphatic rings. The third-order valence-electron chi connectivity index (χ3n) is 3.54. The molecule has 2 N–H and O–H groups in total. The Kier molecular flexibility index (Phi) is 3.61. The molecule has 6 heteroatoms. The summed E-state index contributed by atoms with van der Waals surface area (Å²) in [6.45, 7) is 2.72. The average Bonchev–Trinajstić information content (AvgIpc) is 3.08. The van der Waals surface area contributed by atoms with Gasteiger partial charge in [-0.3, -0.25) is 0 Å². The molecule has 1 saturated heterocycles. The number of hydrogen-bond donors (Lipinski definition) is 2. The lowest BCUT2D eigenvalue weighted by Gasteiger charge is -2.26. The zero-order chi connectivity index (χ0) is 13.1. The number of rotatable bonds is 5. The fourth-order valence-corrected chi connectivity index (χ4v) is 2.58. The molecule has 1 unspecified atom stereocenters. The van der Waals surface area contributed by atoms with E-state index in [0.29, 0.717) is 12.6 Å². The van der Waals surface area contributed by atoms with Crippen molar-refractivity contribution in [1.29, 1.82) is 0 Å². The van der Waals surface area contributed by atoms with Gasteiger partial charge in [-0.1, -0.05) is 0 Å². The number of fused-ring (bicyclic) bond motifs is 1. The van der Waals surface area contributed by atoms with E-state index in [9.17, 15) is 5.11 Å². The maximum atomic E-state index is 9.24. The quantitative estimate of drug-likeness (QED) is 0.809. The normalized spacial score (nSPS) is 19.1. The van der Waals surface area contributed by atoms with Crippen molar-refractivity contribution in [3.63, 3.8) is 0 Å². The van der Waals surface area contributed by atoms with Gasteiger partial charge in [0, 0.05) is 31.4 Å². The largest absolute Gasteiger partial charge is 0.395 e. The summed E-state index contributed by atoms with van der Waals surface area (Å²) in [6.07, 6.45) is 6.06. The third-order valence-corrected chi connectivity index (χ3v) is 3.54. The van der Waals surface area contributed by atoms with Crippen LogP contribution in [0.2, 0.25) is 0 Å². The standard InChI is InChI=1S/C13H19N5O/c19-9-8-17(10-11-2-1-5-14-11)12-4-7-18-13(16-12)3-6-15-18/h3-4,6-7,11,14,19H,1-2,5,8-10H2. The van der Waals surface area contributed by atoms with Gasteiger partial charge in [0.1, 0.15) is 5.82 Å². The number of nitrogens with zero attached hydrogens (tertiary/aromatic N) is 4. The fourth-order valence-electron chi connectivity index (χ4n) is 2.58. The van der Waals surface area contributed by atoms with Crippen LogP contribution in [0.5, 0.6) is 0 Å². The number of nitrogens with one attached hydrogen (secondary N) is 1. The molecule has 102 valence electrons. The molecule has 19 heavy (non-hydrogen) atoms. The summed E-state index contributed by atoms with van der Waals surface area (Å²) in [4.78, 5) is 6.72. The van der Waals surface area contributed by atoms with Crippen molar-refractivity contribution in [2.45, 2.75) is 18.9 Å². The molecule has 0 amide bonds. The molecule has 0 saturated carbocycles. The Labute approximate surface area is 112 Å². The molecule has 0 aliphatic carbocycles. The summed E-state index contributed by atoms with van der Waals surface area (Å²) in [5.74, 6) is 0.899. The first-order chi connectivity index (χ1) is 9.36. The van der Waals surface area contributed by atoms with Crippen LogP contribution in [0.15, 0.2) is 24.5 Å². The highest BCUT2D eigenvalue weighted by Gasteiger charge is 2.18. The monoisotopic (exact) mass is 261 g/mol. The van der Waals surface area contributed by atoms with E-state index in [1.165, 1.54) is 12.8 Å². The van der Waals surface area contributed by atoms with Gasteiger partial charge in [-0.05, 0) is 25.5 Å². The van der Waals surface area contributed by atoms with Crippen molar-refractivity contribution in [2.75, 3.05) is 31.1 Å². The van der Waals surface area contributed by atoms with Gasteiger partial charge < -0.3 is 15.3 Å². The number of aromatic nitrogens is 3. The van der Waals surface area contributed by atoms with Crippen LogP contribution in [0.25, 0.3) is 5.65 Å². The molecule has 1 aliphatic heterocycles. The number of aliphatic hydroxyl groups is 1.